The lowest BCUT2D eigenvalue weighted by molar-refractivity contribution is -0.135. The molecule has 114 valence electrons. The maximum absolute atomic E-state index is 12.4. The van der Waals surface area contributed by atoms with Crippen molar-refractivity contribution >= 4 is 5.91 Å². The number of hydrogen-bond donors (Lipinski definition) is 1. The van der Waals surface area contributed by atoms with Crippen LogP contribution in [0.5, 0.6) is 0 Å². The van der Waals surface area contributed by atoms with Crippen LogP contribution >= 0.6 is 0 Å². The van der Waals surface area contributed by atoms with Gasteiger partial charge in [-0.25, -0.2) is 4.98 Å². The normalized spacial score (nSPS) is 22.0. The Hall–Kier alpha value is -1.89. The van der Waals surface area contributed by atoms with Crippen LogP contribution in [0.2, 0.25) is 0 Å². The molecule has 7 nitrogen and oxygen atoms in total. The van der Waals surface area contributed by atoms with Gasteiger partial charge in [0.2, 0.25) is 0 Å². The summed E-state index contributed by atoms with van der Waals surface area (Å²) in [6, 6.07) is 0. The smallest absolute Gasteiger partial charge is 0.253 e. The van der Waals surface area contributed by atoms with Gasteiger partial charge < -0.3 is 14.4 Å². The molecule has 2 aliphatic heterocycles. The summed E-state index contributed by atoms with van der Waals surface area (Å²) in [5.74, 6) is 1.53. The summed E-state index contributed by atoms with van der Waals surface area (Å²) in [4.78, 5) is 18.6. The topological polar surface area (TPSA) is 80.3 Å². The molecule has 0 spiro atoms. The number of nitrogens with zero attached hydrogens (tertiary/aromatic N) is 3. The first-order chi connectivity index (χ1) is 10.3. The van der Waals surface area contributed by atoms with Gasteiger partial charge in [-0.3, -0.25) is 9.89 Å². The van der Waals surface area contributed by atoms with Crippen LogP contribution in [0.1, 0.15) is 37.5 Å². The number of nitrogens with one attached hydrogen (secondary N) is 1. The number of morpholine rings is 1. The number of carbonyl (C=O) groups is 1. The SMILES string of the molecule is CCCc1nc([C@@H]2CN(C(=O)C3=COCC3)CCO2)n[nH]1. The minimum absolute atomic E-state index is 0.0325. The molecular formula is C14H20N4O3. The van der Waals surface area contributed by atoms with Gasteiger partial charge in [0.05, 0.1) is 31.6 Å². The second-order valence-corrected chi connectivity index (χ2v) is 5.26. The van der Waals surface area contributed by atoms with E-state index in [1.807, 2.05) is 0 Å². The zero-order chi connectivity index (χ0) is 14.7. The Morgan fingerprint density at radius 3 is 3.19 bits per heavy atom. The molecule has 21 heavy (non-hydrogen) atoms. The van der Waals surface area contributed by atoms with Crippen molar-refractivity contribution in [2.24, 2.45) is 0 Å². The Bertz CT molecular complexity index is 540. The molecule has 1 fully saturated rings. The fourth-order valence-electron chi connectivity index (χ4n) is 2.54. The summed E-state index contributed by atoms with van der Waals surface area (Å²) in [7, 11) is 0. The molecule has 0 unspecified atom stereocenters. The van der Waals surface area contributed by atoms with E-state index in [-0.39, 0.29) is 12.0 Å². The lowest BCUT2D eigenvalue weighted by Gasteiger charge is -2.31. The van der Waals surface area contributed by atoms with E-state index in [0.717, 1.165) is 24.2 Å². The fraction of sp³-hybridized carbons (Fsp3) is 0.643. The maximum atomic E-state index is 12.4. The van der Waals surface area contributed by atoms with Crippen molar-refractivity contribution in [3.8, 4) is 0 Å². The highest BCUT2D eigenvalue weighted by molar-refractivity contribution is 5.93. The number of ether oxygens (including phenoxy) is 2. The van der Waals surface area contributed by atoms with E-state index in [1.54, 1.807) is 11.2 Å². The zero-order valence-corrected chi connectivity index (χ0v) is 12.2. The number of H-pyrrole nitrogens is 1. The monoisotopic (exact) mass is 292 g/mol. The molecular weight excluding hydrogens is 272 g/mol. The molecule has 3 heterocycles. The molecule has 1 atom stereocenters. The third kappa shape index (κ3) is 3.07. The first kappa shape index (κ1) is 14.1. The Morgan fingerprint density at radius 1 is 1.52 bits per heavy atom. The van der Waals surface area contributed by atoms with Gasteiger partial charge >= 0.3 is 0 Å². The van der Waals surface area contributed by atoms with Crippen molar-refractivity contribution in [3.63, 3.8) is 0 Å². The first-order valence-corrected chi connectivity index (χ1v) is 7.40. The van der Waals surface area contributed by atoms with Crippen LogP contribution < -0.4 is 0 Å². The van der Waals surface area contributed by atoms with E-state index in [9.17, 15) is 4.79 Å². The van der Waals surface area contributed by atoms with Gasteiger partial charge in [0.25, 0.3) is 5.91 Å². The molecule has 1 amide bonds. The Kier molecular flexibility index (Phi) is 4.19. The molecule has 1 N–H and O–H groups in total. The summed E-state index contributed by atoms with van der Waals surface area (Å²) in [5, 5.41) is 7.14. The molecule has 1 aromatic heterocycles. The van der Waals surface area contributed by atoms with Crippen LogP contribution in [0, 0.1) is 0 Å². The van der Waals surface area contributed by atoms with Crippen LogP contribution in [0.15, 0.2) is 11.8 Å². The van der Waals surface area contributed by atoms with E-state index >= 15 is 0 Å². The van der Waals surface area contributed by atoms with Gasteiger partial charge in [-0.1, -0.05) is 6.92 Å². The van der Waals surface area contributed by atoms with E-state index in [1.165, 1.54) is 0 Å². The van der Waals surface area contributed by atoms with Gasteiger partial charge in [-0.05, 0) is 6.42 Å². The number of aryl methyl sites for hydroxylation is 1. The highest BCUT2D eigenvalue weighted by atomic mass is 16.5. The minimum atomic E-state index is -0.257. The Morgan fingerprint density at radius 2 is 2.43 bits per heavy atom. The molecule has 2 aliphatic rings. The van der Waals surface area contributed by atoms with Gasteiger partial charge in [0, 0.05) is 19.4 Å². The first-order valence-electron chi connectivity index (χ1n) is 7.40. The van der Waals surface area contributed by atoms with Gasteiger partial charge in [0.15, 0.2) is 5.82 Å². The summed E-state index contributed by atoms with van der Waals surface area (Å²) in [5.41, 5.74) is 0.734. The molecule has 1 saturated heterocycles. The van der Waals surface area contributed by atoms with Crippen molar-refractivity contribution in [1.29, 1.82) is 0 Å². The predicted octanol–water partition coefficient (Wildman–Crippen LogP) is 0.961. The van der Waals surface area contributed by atoms with Crippen LogP contribution in [0.4, 0.5) is 0 Å². The van der Waals surface area contributed by atoms with E-state index < -0.39 is 0 Å². The molecule has 0 aromatic carbocycles. The molecule has 7 heteroatoms. The zero-order valence-electron chi connectivity index (χ0n) is 12.2. The molecule has 0 aliphatic carbocycles. The van der Waals surface area contributed by atoms with Crippen LogP contribution in [-0.2, 0) is 20.7 Å². The molecule has 0 saturated carbocycles. The van der Waals surface area contributed by atoms with Gasteiger partial charge in [-0.15, -0.1) is 0 Å². The van der Waals surface area contributed by atoms with E-state index in [2.05, 4.69) is 22.1 Å². The van der Waals surface area contributed by atoms with Crippen molar-refractivity contribution in [3.05, 3.63) is 23.5 Å². The summed E-state index contributed by atoms with van der Waals surface area (Å²) in [6.07, 6.45) is 3.87. The second kappa shape index (κ2) is 6.26. The van der Waals surface area contributed by atoms with Crippen LogP contribution in [0.25, 0.3) is 0 Å². The quantitative estimate of drug-likeness (QED) is 0.894. The van der Waals surface area contributed by atoms with Crippen LogP contribution in [-0.4, -0.2) is 52.3 Å². The number of amides is 1. The standard InChI is InChI=1S/C14H20N4O3/c1-2-3-12-15-13(17-16-12)11-8-18(5-7-21-11)14(19)10-4-6-20-9-10/h9,11H,2-8H2,1H3,(H,15,16,17)/t11-/m0/s1. The minimum Gasteiger partial charge on any atom is -0.500 e. The summed E-state index contributed by atoms with van der Waals surface area (Å²) in [6.45, 7) is 4.27. The third-order valence-electron chi connectivity index (χ3n) is 3.67. The maximum Gasteiger partial charge on any atom is 0.253 e. The number of rotatable bonds is 4. The Balaban J connectivity index is 1.65. The average Bonchev–Trinajstić information content (AvgIpc) is 3.18. The lowest BCUT2D eigenvalue weighted by Crippen LogP contribution is -2.43. The number of aromatic amines is 1. The highest BCUT2D eigenvalue weighted by Gasteiger charge is 2.30. The van der Waals surface area contributed by atoms with Crippen molar-refractivity contribution in [2.75, 3.05) is 26.3 Å². The molecule has 0 bridgehead atoms. The lowest BCUT2D eigenvalue weighted by atomic mass is 10.1. The predicted molar refractivity (Wildman–Crippen MR) is 74.3 cm³/mol. The highest BCUT2D eigenvalue weighted by Crippen LogP contribution is 2.22. The fourth-order valence-corrected chi connectivity index (χ4v) is 2.54. The van der Waals surface area contributed by atoms with Crippen LogP contribution in [0.3, 0.4) is 0 Å². The molecule has 3 rings (SSSR count). The number of carbonyl (C=O) groups excluding carboxylic acids is 1. The summed E-state index contributed by atoms with van der Waals surface area (Å²) < 4.78 is 10.8. The Labute approximate surface area is 123 Å². The molecule has 0 radical (unpaired) electrons. The van der Waals surface area contributed by atoms with Crippen molar-refractivity contribution < 1.29 is 14.3 Å². The number of hydrogen-bond acceptors (Lipinski definition) is 5. The number of aromatic nitrogens is 3. The average molecular weight is 292 g/mol. The molecule has 1 aromatic rings. The van der Waals surface area contributed by atoms with E-state index in [4.69, 9.17) is 9.47 Å². The van der Waals surface area contributed by atoms with Crippen molar-refractivity contribution in [2.45, 2.75) is 32.3 Å². The summed E-state index contributed by atoms with van der Waals surface area (Å²) >= 11 is 0. The largest absolute Gasteiger partial charge is 0.500 e. The third-order valence-corrected chi connectivity index (χ3v) is 3.67. The van der Waals surface area contributed by atoms with Gasteiger partial charge in [0.1, 0.15) is 11.9 Å². The van der Waals surface area contributed by atoms with E-state index in [0.29, 0.717) is 38.5 Å². The van der Waals surface area contributed by atoms with Gasteiger partial charge in [-0.2, -0.15) is 5.10 Å². The second-order valence-electron chi connectivity index (χ2n) is 5.26. The van der Waals surface area contributed by atoms with Crippen molar-refractivity contribution in [1.82, 2.24) is 20.1 Å².